The van der Waals surface area contributed by atoms with Gasteiger partial charge in [-0.3, -0.25) is 10.1 Å². The van der Waals surface area contributed by atoms with E-state index in [-0.39, 0.29) is 11.8 Å². The highest BCUT2D eigenvalue weighted by Crippen LogP contribution is 2.28. The molecule has 1 aliphatic rings. The second kappa shape index (κ2) is 6.59. The number of carbonyl (C=O) groups excluding carboxylic acids is 1. The molecule has 0 saturated carbocycles. The molecule has 25 heavy (non-hydrogen) atoms. The number of imidazole rings is 1. The maximum absolute atomic E-state index is 12.8. The second-order valence-corrected chi connectivity index (χ2v) is 6.38. The Kier molecular flexibility index (Phi) is 4.14. The van der Waals surface area contributed by atoms with Gasteiger partial charge in [-0.2, -0.15) is 0 Å². The van der Waals surface area contributed by atoms with E-state index in [0.29, 0.717) is 19.0 Å². The molecule has 1 unspecified atom stereocenters. The fraction of sp³-hybridized carbons (Fsp3) is 0.300. The fourth-order valence-electron chi connectivity index (χ4n) is 3.33. The molecule has 5 heteroatoms. The maximum Gasteiger partial charge on any atom is 0.233 e. The molecule has 1 aromatic heterocycles. The van der Waals surface area contributed by atoms with Crippen molar-refractivity contribution in [1.82, 2.24) is 9.55 Å². The van der Waals surface area contributed by atoms with E-state index in [1.165, 1.54) is 0 Å². The summed E-state index contributed by atoms with van der Waals surface area (Å²) in [4.78, 5) is 17.4. The van der Waals surface area contributed by atoms with Crippen LogP contribution in [0, 0.1) is 5.92 Å². The summed E-state index contributed by atoms with van der Waals surface area (Å²) in [6, 6.07) is 15.8. The summed E-state index contributed by atoms with van der Waals surface area (Å²) in [6.07, 6.45) is 1.67. The summed E-state index contributed by atoms with van der Waals surface area (Å²) in [5, 5.41) is 3.02. The highest BCUT2D eigenvalue weighted by atomic mass is 16.5. The van der Waals surface area contributed by atoms with Crippen molar-refractivity contribution >= 4 is 22.9 Å². The number of benzene rings is 2. The van der Waals surface area contributed by atoms with Crippen LogP contribution in [0.4, 0.5) is 5.95 Å². The number of rotatable bonds is 4. The van der Waals surface area contributed by atoms with E-state index in [1.807, 2.05) is 48.5 Å². The van der Waals surface area contributed by atoms with E-state index in [9.17, 15) is 4.79 Å². The van der Waals surface area contributed by atoms with Gasteiger partial charge < -0.3 is 9.30 Å². The van der Waals surface area contributed by atoms with Gasteiger partial charge in [0, 0.05) is 6.54 Å². The van der Waals surface area contributed by atoms with Gasteiger partial charge in [-0.25, -0.2) is 4.98 Å². The predicted molar refractivity (Wildman–Crippen MR) is 97.8 cm³/mol. The maximum atomic E-state index is 12.8. The van der Waals surface area contributed by atoms with Crippen LogP contribution in [0.25, 0.3) is 11.0 Å². The van der Waals surface area contributed by atoms with Crippen molar-refractivity contribution in [2.75, 3.05) is 11.9 Å². The quantitative estimate of drug-likeness (QED) is 0.792. The molecule has 1 aliphatic heterocycles. The molecule has 1 amide bonds. The van der Waals surface area contributed by atoms with Crippen LogP contribution < -0.4 is 10.1 Å². The molecule has 3 aromatic rings. The minimum Gasteiger partial charge on any atom is -0.492 e. The molecule has 1 N–H and O–H groups in total. The minimum absolute atomic E-state index is 0.0397. The third kappa shape index (κ3) is 2.97. The molecule has 1 atom stereocenters. The van der Waals surface area contributed by atoms with Crippen molar-refractivity contribution in [3.63, 3.8) is 0 Å². The van der Waals surface area contributed by atoms with Gasteiger partial charge in [0.05, 0.1) is 17.0 Å². The first-order valence-electron chi connectivity index (χ1n) is 8.73. The molecule has 2 heterocycles. The Bertz CT molecular complexity index is 916. The number of nitrogens with one attached hydrogen (secondary N) is 1. The van der Waals surface area contributed by atoms with Crippen LogP contribution in [0.15, 0.2) is 48.5 Å². The number of anilines is 1. The second-order valence-electron chi connectivity index (χ2n) is 6.38. The van der Waals surface area contributed by atoms with Gasteiger partial charge in [0.1, 0.15) is 12.4 Å². The van der Waals surface area contributed by atoms with Gasteiger partial charge in [-0.05, 0) is 36.6 Å². The van der Waals surface area contributed by atoms with Crippen molar-refractivity contribution in [2.45, 2.75) is 26.3 Å². The van der Waals surface area contributed by atoms with E-state index < -0.39 is 0 Å². The fourth-order valence-corrected chi connectivity index (χ4v) is 3.33. The van der Waals surface area contributed by atoms with Crippen molar-refractivity contribution in [1.29, 1.82) is 0 Å². The number of hydrogen-bond donors (Lipinski definition) is 1. The zero-order valence-electron chi connectivity index (χ0n) is 14.2. The number of aryl methyl sites for hydroxylation is 1. The van der Waals surface area contributed by atoms with Crippen LogP contribution in [0.1, 0.15) is 18.9 Å². The van der Waals surface area contributed by atoms with E-state index in [2.05, 4.69) is 21.8 Å². The first-order valence-corrected chi connectivity index (χ1v) is 8.73. The molecule has 0 radical (unpaired) electrons. The lowest BCUT2D eigenvalue weighted by Gasteiger charge is -2.24. The molecular weight excluding hydrogens is 314 g/mol. The average Bonchev–Trinajstić information content (AvgIpc) is 2.99. The Hall–Kier alpha value is -2.82. The standard InChI is InChI=1S/C20H21N3O2/c1-2-11-23-17-9-5-4-8-16(17)21-20(23)22-19(24)15-12-14-7-3-6-10-18(14)25-13-15/h3-10,15H,2,11-13H2,1H3,(H,21,22,24). The van der Waals surface area contributed by atoms with Gasteiger partial charge >= 0.3 is 0 Å². The summed E-state index contributed by atoms with van der Waals surface area (Å²) in [5.41, 5.74) is 3.03. The van der Waals surface area contributed by atoms with E-state index in [1.54, 1.807) is 0 Å². The summed E-state index contributed by atoms with van der Waals surface area (Å²) in [6.45, 7) is 3.34. The number of fused-ring (bicyclic) bond motifs is 2. The van der Waals surface area contributed by atoms with Gasteiger partial charge in [0.2, 0.25) is 11.9 Å². The molecule has 5 nitrogen and oxygen atoms in total. The van der Waals surface area contributed by atoms with Crippen LogP contribution in [0.5, 0.6) is 5.75 Å². The lowest BCUT2D eigenvalue weighted by atomic mass is 9.96. The Morgan fingerprint density at radius 2 is 2.04 bits per heavy atom. The summed E-state index contributed by atoms with van der Waals surface area (Å²) in [7, 11) is 0. The van der Waals surface area contributed by atoms with Gasteiger partial charge in [-0.1, -0.05) is 37.3 Å². The van der Waals surface area contributed by atoms with Crippen LogP contribution >= 0.6 is 0 Å². The molecule has 0 bridgehead atoms. The lowest BCUT2D eigenvalue weighted by molar-refractivity contribution is -0.121. The number of carbonyl (C=O) groups is 1. The summed E-state index contributed by atoms with van der Waals surface area (Å²) in [5.74, 6) is 1.25. The largest absolute Gasteiger partial charge is 0.492 e. The molecule has 0 aliphatic carbocycles. The predicted octanol–water partition coefficient (Wildman–Crippen LogP) is 3.64. The molecule has 0 saturated heterocycles. The average molecular weight is 335 g/mol. The Morgan fingerprint density at radius 1 is 1.24 bits per heavy atom. The first-order chi connectivity index (χ1) is 12.3. The third-order valence-electron chi connectivity index (χ3n) is 4.59. The summed E-state index contributed by atoms with van der Waals surface area (Å²) >= 11 is 0. The van der Waals surface area contributed by atoms with E-state index in [0.717, 1.165) is 35.3 Å². The monoisotopic (exact) mass is 335 g/mol. The Morgan fingerprint density at radius 3 is 2.92 bits per heavy atom. The zero-order chi connectivity index (χ0) is 17.2. The van der Waals surface area contributed by atoms with Crippen molar-refractivity contribution < 1.29 is 9.53 Å². The van der Waals surface area contributed by atoms with Gasteiger partial charge in [0.25, 0.3) is 0 Å². The highest BCUT2D eigenvalue weighted by Gasteiger charge is 2.27. The number of para-hydroxylation sites is 3. The smallest absolute Gasteiger partial charge is 0.233 e. The van der Waals surface area contributed by atoms with E-state index >= 15 is 0 Å². The molecule has 2 aromatic carbocycles. The van der Waals surface area contributed by atoms with Crippen molar-refractivity contribution in [2.24, 2.45) is 5.92 Å². The van der Waals surface area contributed by atoms with Crippen molar-refractivity contribution in [3.05, 3.63) is 54.1 Å². The lowest BCUT2D eigenvalue weighted by Crippen LogP contribution is -2.33. The number of amides is 1. The number of hydrogen-bond acceptors (Lipinski definition) is 3. The third-order valence-corrected chi connectivity index (χ3v) is 4.59. The summed E-state index contributed by atoms with van der Waals surface area (Å²) < 4.78 is 7.82. The molecular formula is C20H21N3O2. The molecule has 4 rings (SSSR count). The van der Waals surface area contributed by atoms with Crippen LogP contribution in [0.2, 0.25) is 0 Å². The van der Waals surface area contributed by atoms with Gasteiger partial charge in [0.15, 0.2) is 0 Å². The van der Waals surface area contributed by atoms with Crippen LogP contribution in [-0.2, 0) is 17.8 Å². The topological polar surface area (TPSA) is 56.2 Å². The highest BCUT2D eigenvalue weighted by molar-refractivity contribution is 5.93. The molecule has 128 valence electrons. The van der Waals surface area contributed by atoms with Crippen molar-refractivity contribution in [3.8, 4) is 5.75 Å². The minimum atomic E-state index is -0.204. The molecule has 0 spiro atoms. The first kappa shape index (κ1) is 15.7. The Labute approximate surface area is 146 Å². The van der Waals surface area contributed by atoms with Gasteiger partial charge in [-0.15, -0.1) is 0 Å². The zero-order valence-corrected chi connectivity index (χ0v) is 14.2. The number of aromatic nitrogens is 2. The number of ether oxygens (including phenoxy) is 1. The normalized spacial score (nSPS) is 16.3. The van der Waals surface area contributed by atoms with E-state index in [4.69, 9.17) is 4.74 Å². The number of nitrogens with zero attached hydrogens (tertiary/aromatic N) is 2. The molecule has 0 fully saturated rings. The van der Waals surface area contributed by atoms with Crippen LogP contribution in [0.3, 0.4) is 0 Å². The SMILES string of the molecule is CCCn1c(NC(=O)C2COc3ccccc3C2)nc2ccccc21. The Balaban J connectivity index is 1.57. The van der Waals surface area contributed by atoms with Crippen LogP contribution in [-0.4, -0.2) is 22.1 Å².